The smallest absolute Gasteiger partial charge is 0.250 e. The molecule has 0 aliphatic rings. The lowest BCUT2D eigenvalue weighted by Crippen LogP contribution is -2.15. The van der Waals surface area contributed by atoms with E-state index in [0.717, 1.165) is 0 Å². The van der Waals surface area contributed by atoms with Crippen LogP contribution in [0, 0.1) is 0 Å². The monoisotopic (exact) mass is 241 g/mol. The number of thiol groups is 1. The van der Waals surface area contributed by atoms with Gasteiger partial charge in [-0.3, -0.25) is 4.79 Å². The van der Waals surface area contributed by atoms with Gasteiger partial charge in [0.25, 0.3) is 5.91 Å². The van der Waals surface area contributed by atoms with E-state index in [-0.39, 0.29) is 0 Å². The molecule has 0 aromatic heterocycles. The molecule has 1 N–H and O–H groups in total. The highest BCUT2D eigenvalue weighted by molar-refractivity contribution is 7.75. The second kappa shape index (κ2) is 4.76. The standard InChI is InChI=1S/C11H15NO3S/c1-8(13)12-16(15)10-6-4-5-9(7-10)11(2,3)14/h4-7,14,16H,1-3H3. The lowest BCUT2D eigenvalue weighted by atomic mass is 9.99. The molecule has 0 saturated carbocycles. The van der Waals surface area contributed by atoms with E-state index < -0.39 is 22.1 Å². The van der Waals surface area contributed by atoms with Crippen molar-refractivity contribution in [3.63, 3.8) is 0 Å². The van der Waals surface area contributed by atoms with Crippen LogP contribution in [0.2, 0.25) is 0 Å². The van der Waals surface area contributed by atoms with Crippen molar-refractivity contribution in [2.45, 2.75) is 31.3 Å². The third-order valence-electron chi connectivity index (χ3n) is 2.01. The van der Waals surface area contributed by atoms with Gasteiger partial charge >= 0.3 is 0 Å². The van der Waals surface area contributed by atoms with Crippen LogP contribution in [0.25, 0.3) is 0 Å². The van der Waals surface area contributed by atoms with Crippen molar-refractivity contribution in [2.75, 3.05) is 0 Å². The summed E-state index contributed by atoms with van der Waals surface area (Å²) in [4.78, 5) is 11.2. The van der Waals surface area contributed by atoms with Crippen molar-refractivity contribution in [3.05, 3.63) is 29.8 Å². The molecule has 1 aromatic rings. The number of carbonyl (C=O) groups is 1. The van der Waals surface area contributed by atoms with Gasteiger partial charge in [-0.2, -0.15) is 4.36 Å². The minimum absolute atomic E-state index is 0.449. The van der Waals surface area contributed by atoms with E-state index >= 15 is 0 Å². The first-order valence-corrected chi connectivity index (χ1v) is 6.04. The Hall–Kier alpha value is -1.20. The summed E-state index contributed by atoms with van der Waals surface area (Å²) in [5, 5.41) is 9.78. The average molecular weight is 241 g/mol. The van der Waals surface area contributed by atoms with Gasteiger partial charge in [0, 0.05) is 11.8 Å². The van der Waals surface area contributed by atoms with Gasteiger partial charge < -0.3 is 5.11 Å². The molecule has 1 atom stereocenters. The zero-order valence-corrected chi connectivity index (χ0v) is 10.4. The minimum atomic E-state index is -2.06. The number of benzene rings is 1. The van der Waals surface area contributed by atoms with Crippen molar-refractivity contribution >= 4 is 16.5 Å². The summed E-state index contributed by atoms with van der Waals surface area (Å²) >= 11 is 0. The van der Waals surface area contributed by atoms with E-state index in [1.54, 1.807) is 38.1 Å². The summed E-state index contributed by atoms with van der Waals surface area (Å²) in [5.41, 5.74) is -0.352. The lowest BCUT2D eigenvalue weighted by molar-refractivity contribution is -0.115. The fourth-order valence-electron chi connectivity index (χ4n) is 1.19. The predicted molar refractivity (Wildman–Crippen MR) is 62.6 cm³/mol. The maximum absolute atomic E-state index is 11.6. The molecule has 0 bridgehead atoms. The molecule has 1 rings (SSSR count). The number of carbonyl (C=O) groups excluding carboxylic acids is 1. The number of hydrogen-bond donors (Lipinski definition) is 2. The first kappa shape index (κ1) is 12.9. The molecular formula is C11H15NO3S. The zero-order valence-electron chi connectivity index (χ0n) is 9.47. The Bertz CT molecular complexity index is 482. The van der Waals surface area contributed by atoms with Crippen molar-refractivity contribution in [2.24, 2.45) is 4.36 Å². The van der Waals surface area contributed by atoms with Crippen molar-refractivity contribution in [1.29, 1.82) is 0 Å². The van der Waals surface area contributed by atoms with Crippen molar-refractivity contribution in [1.82, 2.24) is 0 Å². The molecule has 16 heavy (non-hydrogen) atoms. The van der Waals surface area contributed by atoms with Crippen molar-refractivity contribution < 1.29 is 14.1 Å². The first-order valence-electron chi connectivity index (χ1n) is 4.83. The van der Waals surface area contributed by atoms with E-state index in [4.69, 9.17) is 0 Å². The molecule has 0 aliphatic heterocycles. The van der Waals surface area contributed by atoms with Crippen LogP contribution in [0.1, 0.15) is 26.3 Å². The molecule has 1 amide bonds. The summed E-state index contributed by atoms with van der Waals surface area (Å²) in [6, 6.07) is 6.65. The summed E-state index contributed by atoms with van der Waals surface area (Å²) in [5.74, 6) is -0.463. The van der Waals surface area contributed by atoms with E-state index in [1.165, 1.54) is 6.92 Å². The molecule has 0 saturated heterocycles. The highest BCUT2D eigenvalue weighted by Gasteiger charge is 2.15. The van der Waals surface area contributed by atoms with E-state index in [2.05, 4.69) is 4.36 Å². The summed E-state index contributed by atoms with van der Waals surface area (Å²) < 4.78 is 15.1. The fraction of sp³-hybridized carbons (Fsp3) is 0.364. The van der Waals surface area contributed by atoms with Gasteiger partial charge in [-0.15, -0.1) is 0 Å². The molecular weight excluding hydrogens is 226 g/mol. The second-order valence-electron chi connectivity index (χ2n) is 4.00. The number of amides is 1. The Morgan fingerprint density at radius 3 is 2.56 bits per heavy atom. The zero-order chi connectivity index (χ0) is 12.3. The van der Waals surface area contributed by atoms with Crippen LogP contribution in [-0.2, 0) is 21.0 Å². The van der Waals surface area contributed by atoms with Gasteiger partial charge in [0.1, 0.15) is 0 Å². The van der Waals surface area contributed by atoms with Gasteiger partial charge in [0.2, 0.25) is 0 Å². The summed E-state index contributed by atoms with van der Waals surface area (Å²) in [6.07, 6.45) is 0. The SMILES string of the molecule is CC(=O)/N=[SH](=O)\c1cccc(C(C)(C)O)c1. The lowest BCUT2D eigenvalue weighted by Gasteiger charge is -2.17. The highest BCUT2D eigenvalue weighted by Crippen LogP contribution is 2.21. The number of hydrogen-bond acceptors (Lipinski definition) is 3. The van der Waals surface area contributed by atoms with Gasteiger partial charge in [-0.25, -0.2) is 4.21 Å². The summed E-state index contributed by atoms with van der Waals surface area (Å²) in [6.45, 7) is 4.54. The van der Waals surface area contributed by atoms with Crippen LogP contribution in [0.5, 0.6) is 0 Å². The molecule has 0 heterocycles. The molecule has 0 radical (unpaired) electrons. The quantitative estimate of drug-likeness (QED) is 0.771. The minimum Gasteiger partial charge on any atom is -0.386 e. The van der Waals surface area contributed by atoms with Crippen LogP contribution >= 0.6 is 0 Å². The Morgan fingerprint density at radius 2 is 2.06 bits per heavy atom. The molecule has 4 nitrogen and oxygen atoms in total. The normalized spacial score (nSPS) is 13.8. The Morgan fingerprint density at radius 1 is 1.44 bits per heavy atom. The molecule has 5 heteroatoms. The molecule has 0 spiro atoms. The molecule has 88 valence electrons. The third kappa shape index (κ3) is 3.43. The maximum atomic E-state index is 11.6. The largest absolute Gasteiger partial charge is 0.386 e. The molecule has 0 aliphatic carbocycles. The van der Waals surface area contributed by atoms with Gasteiger partial charge in [-0.05, 0) is 31.5 Å². The first-order chi connectivity index (χ1) is 7.30. The third-order valence-corrected chi connectivity index (χ3v) is 3.19. The summed E-state index contributed by atoms with van der Waals surface area (Å²) in [7, 11) is -2.06. The van der Waals surface area contributed by atoms with Gasteiger partial charge in [-0.1, -0.05) is 12.1 Å². The maximum Gasteiger partial charge on any atom is 0.250 e. The van der Waals surface area contributed by atoms with E-state index in [1.807, 2.05) is 0 Å². The Kier molecular flexibility index (Phi) is 3.83. The van der Waals surface area contributed by atoms with Crippen LogP contribution in [-0.4, -0.2) is 15.2 Å². The van der Waals surface area contributed by atoms with Crippen molar-refractivity contribution in [3.8, 4) is 0 Å². The van der Waals surface area contributed by atoms with Crippen LogP contribution in [0.4, 0.5) is 0 Å². The van der Waals surface area contributed by atoms with Crippen LogP contribution < -0.4 is 0 Å². The van der Waals surface area contributed by atoms with Gasteiger partial charge in [0.05, 0.1) is 16.2 Å². The topological polar surface area (TPSA) is 66.7 Å². The van der Waals surface area contributed by atoms with E-state index in [9.17, 15) is 14.1 Å². The van der Waals surface area contributed by atoms with Crippen LogP contribution in [0.3, 0.4) is 0 Å². The molecule has 0 fully saturated rings. The number of nitrogens with zero attached hydrogens (tertiary/aromatic N) is 1. The molecule has 1 unspecified atom stereocenters. The number of aliphatic hydroxyl groups is 1. The Balaban J connectivity index is 3.19. The molecule has 1 aromatic carbocycles. The average Bonchev–Trinajstić information content (AvgIpc) is 2.15. The Labute approximate surface area is 96.5 Å². The second-order valence-corrected chi connectivity index (χ2v) is 5.26. The van der Waals surface area contributed by atoms with Gasteiger partial charge in [0.15, 0.2) is 0 Å². The van der Waals surface area contributed by atoms with Crippen LogP contribution in [0.15, 0.2) is 33.5 Å². The predicted octanol–water partition coefficient (Wildman–Crippen LogP) is 1.48. The highest BCUT2D eigenvalue weighted by atomic mass is 32.2. The number of rotatable bonds is 2. The fourth-order valence-corrected chi connectivity index (χ4v) is 2.03. The van der Waals surface area contributed by atoms with E-state index in [0.29, 0.717) is 10.5 Å².